The van der Waals surface area contributed by atoms with Gasteiger partial charge in [-0.3, -0.25) is 4.79 Å². The summed E-state index contributed by atoms with van der Waals surface area (Å²) in [5.41, 5.74) is 1.79. The third-order valence-corrected chi connectivity index (χ3v) is 4.79. The van der Waals surface area contributed by atoms with E-state index in [0.29, 0.717) is 26.2 Å². The first-order chi connectivity index (χ1) is 14.2. The molecule has 2 N–H and O–H groups in total. The van der Waals surface area contributed by atoms with E-state index in [1.54, 1.807) is 0 Å². The number of nitrogens with one attached hydrogen (secondary N) is 2. The van der Waals surface area contributed by atoms with Crippen LogP contribution in [0.5, 0.6) is 5.75 Å². The lowest BCUT2D eigenvalue weighted by Crippen LogP contribution is -2.49. The van der Waals surface area contributed by atoms with Crippen LogP contribution in [-0.2, 0) is 4.79 Å². The maximum absolute atomic E-state index is 12.5. The van der Waals surface area contributed by atoms with E-state index in [0.717, 1.165) is 30.2 Å². The van der Waals surface area contributed by atoms with E-state index in [4.69, 9.17) is 4.74 Å². The molecule has 0 unspecified atom stereocenters. The Labute approximate surface area is 171 Å². The van der Waals surface area contributed by atoms with Crippen molar-refractivity contribution in [2.75, 3.05) is 49.5 Å². The summed E-state index contributed by atoms with van der Waals surface area (Å²) < 4.78 is 5.71. The van der Waals surface area contributed by atoms with Crippen LogP contribution in [0.1, 0.15) is 13.3 Å². The summed E-state index contributed by atoms with van der Waals surface area (Å²) in [7, 11) is 0. The fourth-order valence-corrected chi connectivity index (χ4v) is 3.33. The highest BCUT2D eigenvalue weighted by atomic mass is 16.5. The summed E-state index contributed by atoms with van der Waals surface area (Å²) in [6.45, 7) is 5.76. The number of ether oxygens (including phenoxy) is 1. The monoisotopic (exact) mass is 396 g/mol. The minimum absolute atomic E-state index is 0.0581. The normalized spacial score (nSPS) is 13.7. The first-order valence-electron chi connectivity index (χ1n) is 10.0. The number of piperazine rings is 1. The van der Waals surface area contributed by atoms with E-state index < -0.39 is 0 Å². The second-order valence-corrected chi connectivity index (χ2v) is 6.77. The van der Waals surface area contributed by atoms with Gasteiger partial charge >= 0.3 is 6.03 Å². The average molecular weight is 396 g/mol. The van der Waals surface area contributed by atoms with Crippen LogP contribution >= 0.6 is 0 Å². The summed E-state index contributed by atoms with van der Waals surface area (Å²) in [4.78, 5) is 28.5. The minimum Gasteiger partial charge on any atom is -0.492 e. The Bertz CT molecular complexity index is 805. The molecular weight excluding hydrogens is 368 g/mol. The number of rotatable bonds is 7. The third kappa shape index (κ3) is 5.88. The fraction of sp³-hybridized carbons (Fsp3) is 0.364. The molecule has 1 aliphatic heterocycles. The summed E-state index contributed by atoms with van der Waals surface area (Å²) in [6, 6.07) is 16.9. The Balaban J connectivity index is 1.40. The number of benzene rings is 2. The van der Waals surface area contributed by atoms with Crippen molar-refractivity contribution in [3.8, 4) is 5.75 Å². The van der Waals surface area contributed by atoms with Gasteiger partial charge in [0.05, 0.1) is 12.3 Å². The van der Waals surface area contributed by atoms with E-state index in [1.807, 2.05) is 60.4 Å². The van der Waals surface area contributed by atoms with Crippen molar-refractivity contribution >= 4 is 23.3 Å². The average Bonchev–Trinajstić information content (AvgIpc) is 2.75. The summed E-state index contributed by atoms with van der Waals surface area (Å²) >= 11 is 0. The number of hydrogen-bond donors (Lipinski definition) is 2. The van der Waals surface area contributed by atoms with Gasteiger partial charge in [0.2, 0.25) is 5.91 Å². The highest BCUT2D eigenvalue weighted by Crippen LogP contribution is 2.28. The maximum Gasteiger partial charge on any atom is 0.319 e. The SMILES string of the molecule is CCOc1ccccc1N1CCN(C(=O)CCNC(=O)Nc2ccccc2)CC1. The second-order valence-electron chi connectivity index (χ2n) is 6.77. The van der Waals surface area contributed by atoms with E-state index >= 15 is 0 Å². The lowest BCUT2D eigenvalue weighted by atomic mass is 10.2. The number of urea groups is 1. The van der Waals surface area contributed by atoms with Gasteiger partial charge in [-0.15, -0.1) is 0 Å². The standard InChI is InChI=1S/C22H28N4O3/c1-2-29-20-11-7-6-10-19(20)25-14-16-26(17-15-25)21(27)12-13-23-22(28)24-18-8-4-3-5-9-18/h3-11H,2,12-17H2,1H3,(H2,23,24,28). The molecule has 7 nitrogen and oxygen atoms in total. The van der Waals surface area contributed by atoms with Crippen molar-refractivity contribution in [2.45, 2.75) is 13.3 Å². The van der Waals surface area contributed by atoms with Crippen molar-refractivity contribution in [1.82, 2.24) is 10.2 Å². The molecule has 7 heteroatoms. The van der Waals surface area contributed by atoms with Gasteiger partial charge in [-0.25, -0.2) is 4.79 Å². The zero-order valence-electron chi connectivity index (χ0n) is 16.8. The Kier molecular flexibility index (Phi) is 7.33. The molecule has 154 valence electrons. The van der Waals surface area contributed by atoms with Crippen LogP contribution in [0.25, 0.3) is 0 Å². The van der Waals surface area contributed by atoms with Gasteiger partial charge in [0, 0.05) is 44.8 Å². The fourth-order valence-electron chi connectivity index (χ4n) is 3.33. The van der Waals surface area contributed by atoms with Gasteiger partial charge in [0.15, 0.2) is 0 Å². The molecule has 0 aliphatic carbocycles. The highest BCUT2D eigenvalue weighted by molar-refractivity contribution is 5.89. The van der Waals surface area contributed by atoms with Crippen molar-refractivity contribution in [3.63, 3.8) is 0 Å². The van der Waals surface area contributed by atoms with Crippen LogP contribution in [0, 0.1) is 0 Å². The van der Waals surface area contributed by atoms with Crippen LogP contribution in [-0.4, -0.2) is 56.2 Å². The summed E-state index contributed by atoms with van der Waals surface area (Å²) in [5, 5.41) is 5.47. The lowest BCUT2D eigenvalue weighted by molar-refractivity contribution is -0.131. The molecule has 0 spiro atoms. The quantitative estimate of drug-likeness (QED) is 0.755. The van der Waals surface area contributed by atoms with Crippen LogP contribution < -0.4 is 20.3 Å². The lowest BCUT2D eigenvalue weighted by Gasteiger charge is -2.36. The Morgan fingerprint density at radius 3 is 2.38 bits per heavy atom. The molecule has 0 bridgehead atoms. The number of anilines is 2. The smallest absolute Gasteiger partial charge is 0.319 e. The molecule has 1 heterocycles. The van der Waals surface area contributed by atoms with Gasteiger partial charge in [-0.05, 0) is 31.2 Å². The number of amides is 3. The van der Waals surface area contributed by atoms with Crippen LogP contribution in [0.15, 0.2) is 54.6 Å². The largest absolute Gasteiger partial charge is 0.492 e. The van der Waals surface area contributed by atoms with Gasteiger partial charge in [-0.1, -0.05) is 30.3 Å². The van der Waals surface area contributed by atoms with E-state index in [-0.39, 0.29) is 18.4 Å². The molecule has 1 aliphatic rings. The number of nitrogens with zero attached hydrogens (tertiary/aromatic N) is 2. The second kappa shape index (κ2) is 10.4. The molecule has 1 fully saturated rings. The number of hydrogen-bond acceptors (Lipinski definition) is 4. The van der Waals surface area contributed by atoms with Gasteiger partial charge in [-0.2, -0.15) is 0 Å². The molecule has 1 saturated heterocycles. The Morgan fingerprint density at radius 2 is 1.66 bits per heavy atom. The molecule has 0 radical (unpaired) electrons. The molecular formula is C22H28N4O3. The van der Waals surface area contributed by atoms with Crippen LogP contribution in [0.2, 0.25) is 0 Å². The molecule has 0 aromatic heterocycles. The van der Waals surface area contributed by atoms with Crippen molar-refractivity contribution in [3.05, 3.63) is 54.6 Å². The molecule has 3 rings (SSSR count). The first-order valence-corrected chi connectivity index (χ1v) is 10.0. The Morgan fingerprint density at radius 1 is 0.966 bits per heavy atom. The van der Waals surface area contributed by atoms with Crippen molar-refractivity contribution in [2.24, 2.45) is 0 Å². The first kappa shape index (κ1) is 20.5. The number of para-hydroxylation sites is 3. The Hall–Kier alpha value is -3.22. The van der Waals surface area contributed by atoms with Gasteiger partial charge in [0.1, 0.15) is 5.75 Å². The third-order valence-electron chi connectivity index (χ3n) is 4.79. The summed E-state index contributed by atoms with van der Waals surface area (Å²) in [5.74, 6) is 0.936. The van der Waals surface area contributed by atoms with Crippen molar-refractivity contribution in [1.29, 1.82) is 0 Å². The van der Waals surface area contributed by atoms with E-state index in [1.165, 1.54) is 0 Å². The van der Waals surface area contributed by atoms with Crippen LogP contribution in [0.4, 0.5) is 16.2 Å². The molecule has 0 saturated carbocycles. The van der Waals surface area contributed by atoms with Gasteiger partial charge < -0.3 is 25.2 Å². The van der Waals surface area contributed by atoms with E-state index in [9.17, 15) is 9.59 Å². The molecule has 2 aromatic rings. The molecule has 3 amide bonds. The molecule has 0 atom stereocenters. The topological polar surface area (TPSA) is 73.9 Å². The molecule has 2 aromatic carbocycles. The molecule has 29 heavy (non-hydrogen) atoms. The summed E-state index contributed by atoms with van der Waals surface area (Å²) in [6.07, 6.45) is 0.289. The zero-order chi connectivity index (χ0) is 20.5. The number of carbonyl (C=O) groups excluding carboxylic acids is 2. The maximum atomic E-state index is 12.5. The zero-order valence-corrected chi connectivity index (χ0v) is 16.8. The van der Waals surface area contributed by atoms with Gasteiger partial charge in [0.25, 0.3) is 0 Å². The predicted molar refractivity (Wildman–Crippen MR) is 114 cm³/mol. The van der Waals surface area contributed by atoms with E-state index in [2.05, 4.69) is 21.6 Å². The highest BCUT2D eigenvalue weighted by Gasteiger charge is 2.22. The van der Waals surface area contributed by atoms with Crippen molar-refractivity contribution < 1.29 is 14.3 Å². The van der Waals surface area contributed by atoms with Crippen LogP contribution in [0.3, 0.4) is 0 Å². The predicted octanol–water partition coefficient (Wildman–Crippen LogP) is 2.95. The minimum atomic E-state index is -0.304. The number of carbonyl (C=O) groups is 2.